The lowest BCUT2D eigenvalue weighted by Gasteiger charge is -2.17. The van der Waals surface area contributed by atoms with Crippen LogP contribution in [-0.4, -0.2) is 11.6 Å². The number of benzene rings is 1. The van der Waals surface area contributed by atoms with Crippen molar-refractivity contribution in [3.63, 3.8) is 0 Å². The summed E-state index contributed by atoms with van der Waals surface area (Å²) in [6.07, 6.45) is 10.9. The van der Waals surface area contributed by atoms with Gasteiger partial charge in [-0.05, 0) is 62.3 Å². The fourth-order valence-electron chi connectivity index (χ4n) is 4.11. The number of oxazole rings is 1. The zero-order valence-electron chi connectivity index (χ0n) is 14.6. The van der Waals surface area contributed by atoms with E-state index in [1.165, 1.54) is 62.5 Å². The Morgan fingerprint density at radius 3 is 2.79 bits per heavy atom. The molecule has 0 aliphatic heterocycles. The van der Waals surface area contributed by atoms with Crippen LogP contribution >= 0.6 is 0 Å². The maximum atomic E-state index is 5.96. The van der Waals surface area contributed by atoms with Crippen LogP contribution in [0.4, 0.5) is 0 Å². The summed E-state index contributed by atoms with van der Waals surface area (Å²) in [6, 6.07) is 6.54. The molecule has 2 aromatic rings. The largest absolute Gasteiger partial charge is 0.493 e. The molecule has 24 heavy (non-hydrogen) atoms. The number of fused-ring (bicyclic) bond motifs is 1. The molecule has 4 rings (SSSR count). The molecule has 2 aliphatic rings. The average Bonchev–Trinajstić information content (AvgIpc) is 3.22. The van der Waals surface area contributed by atoms with E-state index >= 15 is 0 Å². The van der Waals surface area contributed by atoms with Gasteiger partial charge in [0.1, 0.15) is 11.5 Å². The average molecular weight is 325 g/mol. The number of aryl methyl sites for hydroxylation is 3. The van der Waals surface area contributed by atoms with Crippen LogP contribution in [0.15, 0.2) is 22.6 Å². The Labute approximate surface area is 144 Å². The van der Waals surface area contributed by atoms with E-state index < -0.39 is 0 Å². The number of hydrogen-bond donors (Lipinski definition) is 0. The van der Waals surface area contributed by atoms with Gasteiger partial charge in [-0.1, -0.05) is 25.3 Å². The van der Waals surface area contributed by atoms with Gasteiger partial charge in [0.25, 0.3) is 0 Å². The van der Waals surface area contributed by atoms with Crippen LogP contribution in [0.3, 0.4) is 0 Å². The zero-order valence-corrected chi connectivity index (χ0v) is 14.6. The van der Waals surface area contributed by atoms with Gasteiger partial charge in [-0.15, -0.1) is 0 Å². The topological polar surface area (TPSA) is 35.3 Å². The van der Waals surface area contributed by atoms with E-state index in [0.717, 1.165) is 29.5 Å². The van der Waals surface area contributed by atoms with E-state index in [4.69, 9.17) is 14.1 Å². The third-order valence-corrected chi connectivity index (χ3v) is 5.54. The van der Waals surface area contributed by atoms with Crippen LogP contribution < -0.4 is 4.74 Å². The Bertz CT molecular complexity index is 698. The van der Waals surface area contributed by atoms with E-state index in [1.807, 2.05) is 6.92 Å². The summed E-state index contributed by atoms with van der Waals surface area (Å²) in [5, 5.41) is 0. The molecule has 3 nitrogen and oxygen atoms in total. The Hall–Kier alpha value is -1.77. The summed E-state index contributed by atoms with van der Waals surface area (Å²) < 4.78 is 11.9. The number of ether oxygens (including phenoxy) is 1. The zero-order chi connectivity index (χ0) is 16.4. The molecule has 1 aromatic heterocycles. The molecule has 0 spiro atoms. The maximum absolute atomic E-state index is 5.96. The molecule has 2 aliphatic carbocycles. The Kier molecular flexibility index (Phi) is 4.59. The molecule has 0 unspecified atom stereocenters. The molecule has 1 saturated carbocycles. The second kappa shape index (κ2) is 7.00. The van der Waals surface area contributed by atoms with Crippen LogP contribution in [-0.2, 0) is 19.3 Å². The maximum Gasteiger partial charge on any atom is 0.197 e. The van der Waals surface area contributed by atoms with E-state index in [9.17, 15) is 0 Å². The molecule has 0 bridgehead atoms. The summed E-state index contributed by atoms with van der Waals surface area (Å²) in [5.41, 5.74) is 4.02. The molecule has 1 fully saturated rings. The van der Waals surface area contributed by atoms with Crippen molar-refractivity contribution < 1.29 is 9.15 Å². The van der Waals surface area contributed by atoms with Crippen molar-refractivity contribution in [2.24, 2.45) is 0 Å². The highest BCUT2D eigenvalue weighted by Crippen LogP contribution is 2.33. The Morgan fingerprint density at radius 2 is 1.92 bits per heavy atom. The summed E-state index contributed by atoms with van der Waals surface area (Å²) >= 11 is 0. The number of hydrogen-bond acceptors (Lipinski definition) is 3. The minimum atomic E-state index is 0.531. The third-order valence-electron chi connectivity index (χ3n) is 5.54. The van der Waals surface area contributed by atoms with Gasteiger partial charge in [0.15, 0.2) is 5.89 Å². The SMILES string of the molecule is Cc1oc(C2CCCCC2)nc1CCOc1ccc2c(c1)CCC2. The Morgan fingerprint density at radius 1 is 1.08 bits per heavy atom. The normalized spacial score (nSPS) is 17.9. The highest BCUT2D eigenvalue weighted by atomic mass is 16.5. The first-order valence-electron chi connectivity index (χ1n) is 9.50. The second-order valence-electron chi connectivity index (χ2n) is 7.27. The lowest BCUT2D eigenvalue weighted by molar-refractivity contribution is 0.319. The first kappa shape index (κ1) is 15.7. The predicted octanol–water partition coefficient (Wildman–Crippen LogP) is 5.14. The van der Waals surface area contributed by atoms with Gasteiger partial charge in [-0.3, -0.25) is 0 Å². The van der Waals surface area contributed by atoms with Crippen molar-refractivity contribution in [3.05, 3.63) is 46.7 Å². The van der Waals surface area contributed by atoms with Gasteiger partial charge in [0, 0.05) is 12.3 Å². The van der Waals surface area contributed by atoms with Gasteiger partial charge in [0.2, 0.25) is 0 Å². The minimum Gasteiger partial charge on any atom is -0.493 e. The third kappa shape index (κ3) is 3.35. The van der Waals surface area contributed by atoms with E-state index in [2.05, 4.69) is 18.2 Å². The van der Waals surface area contributed by atoms with Crippen LogP contribution in [0.2, 0.25) is 0 Å². The van der Waals surface area contributed by atoms with Crippen molar-refractivity contribution in [2.75, 3.05) is 6.61 Å². The van der Waals surface area contributed by atoms with Crippen molar-refractivity contribution in [1.29, 1.82) is 0 Å². The molecule has 0 saturated heterocycles. The van der Waals surface area contributed by atoms with Crippen LogP contribution in [0.5, 0.6) is 5.75 Å². The molecular formula is C21H27NO2. The molecule has 0 radical (unpaired) electrons. The molecule has 0 amide bonds. The van der Waals surface area contributed by atoms with E-state index in [1.54, 1.807) is 0 Å². The molecule has 0 N–H and O–H groups in total. The standard InChI is InChI=1S/C21H27NO2/c1-15-20(22-21(24-15)17-6-3-2-4-7-17)12-13-23-19-11-10-16-8-5-9-18(16)14-19/h10-11,14,17H,2-9,12-13H2,1H3. The fourth-order valence-corrected chi connectivity index (χ4v) is 4.11. The van der Waals surface area contributed by atoms with E-state index in [0.29, 0.717) is 12.5 Å². The van der Waals surface area contributed by atoms with Crippen LogP contribution in [0.25, 0.3) is 0 Å². The van der Waals surface area contributed by atoms with Gasteiger partial charge in [0.05, 0.1) is 12.3 Å². The van der Waals surface area contributed by atoms with Crippen LogP contribution in [0, 0.1) is 6.92 Å². The number of aromatic nitrogens is 1. The van der Waals surface area contributed by atoms with Crippen molar-refractivity contribution >= 4 is 0 Å². The first-order chi connectivity index (χ1) is 11.8. The van der Waals surface area contributed by atoms with Crippen molar-refractivity contribution in [3.8, 4) is 5.75 Å². The molecular weight excluding hydrogens is 298 g/mol. The number of nitrogens with zero attached hydrogens (tertiary/aromatic N) is 1. The molecule has 128 valence electrons. The highest BCUT2D eigenvalue weighted by Gasteiger charge is 2.22. The first-order valence-corrected chi connectivity index (χ1v) is 9.50. The van der Waals surface area contributed by atoms with Gasteiger partial charge in [-0.2, -0.15) is 0 Å². The molecule has 1 heterocycles. The summed E-state index contributed by atoms with van der Waals surface area (Å²) in [4.78, 5) is 4.78. The summed E-state index contributed by atoms with van der Waals surface area (Å²) in [6.45, 7) is 2.69. The summed E-state index contributed by atoms with van der Waals surface area (Å²) in [5.74, 6) is 3.45. The minimum absolute atomic E-state index is 0.531. The van der Waals surface area contributed by atoms with Crippen molar-refractivity contribution in [2.45, 2.75) is 70.6 Å². The Balaban J connectivity index is 1.35. The molecule has 1 aromatic carbocycles. The van der Waals surface area contributed by atoms with Gasteiger partial charge >= 0.3 is 0 Å². The lowest BCUT2D eigenvalue weighted by Crippen LogP contribution is -2.06. The lowest BCUT2D eigenvalue weighted by atomic mass is 9.89. The van der Waals surface area contributed by atoms with E-state index in [-0.39, 0.29) is 0 Å². The van der Waals surface area contributed by atoms with Gasteiger partial charge in [-0.25, -0.2) is 4.98 Å². The smallest absolute Gasteiger partial charge is 0.197 e. The van der Waals surface area contributed by atoms with Gasteiger partial charge < -0.3 is 9.15 Å². The quantitative estimate of drug-likeness (QED) is 0.763. The number of rotatable bonds is 5. The van der Waals surface area contributed by atoms with Crippen molar-refractivity contribution in [1.82, 2.24) is 4.98 Å². The fraction of sp³-hybridized carbons (Fsp3) is 0.571. The molecule has 0 atom stereocenters. The highest BCUT2D eigenvalue weighted by molar-refractivity contribution is 5.38. The van der Waals surface area contributed by atoms with Crippen LogP contribution in [0.1, 0.15) is 72.9 Å². The monoisotopic (exact) mass is 325 g/mol. The predicted molar refractivity (Wildman–Crippen MR) is 94.7 cm³/mol. The second-order valence-corrected chi connectivity index (χ2v) is 7.27. The molecule has 3 heteroatoms. The summed E-state index contributed by atoms with van der Waals surface area (Å²) in [7, 11) is 0.